The standard InChI is InChI=1S/C26H36BrNO2/c1-18(2)14-19(3)15-20(4)16-21(5)17-28-23-12-10-22(11-13-23)26(29)30-25-9-7-6-8-24(25)27/h6-13,18-21,28H,14-17H2,1-5H3. The minimum absolute atomic E-state index is 0.355. The molecule has 2 aromatic rings. The lowest BCUT2D eigenvalue weighted by Crippen LogP contribution is -2.16. The molecule has 0 aromatic heterocycles. The molecule has 0 spiro atoms. The van der Waals surface area contributed by atoms with Crippen molar-refractivity contribution in [1.82, 2.24) is 0 Å². The fourth-order valence-corrected chi connectivity index (χ4v) is 4.52. The number of halogens is 1. The van der Waals surface area contributed by atoms with E-state index in [9.17, 15) is 4.79 Å². The van der Waals surface area contributed by atoms with E-state index in [0.29, 0.717) is 17.2 Å². The first-order valence-electron chi connectivity index (χ1n) is 11.0. The van der Waals surface area contributed by atoms with E-state index in [4.69, 9.17) is 4.74 Å². The van der Waals surface area contributed by atoms with Crippen LogP contribution in [0.2, 0.25) is 0 Å². The zero-order chi connectivity index (χ0) is 22.1. The quantitative estimate of drug-likeness (QED) is 0.267. The van der Waals surface area contributed by atoms with Gasteiger partial charge in [0.1, 0.15) is 5.75 Å². The first-order chi connectivity index (χ1) is 14.2. The molecule has 0 aliphatic heterocycles. The Kier molecular flexibility index (Phi) is 9.90. The van der Waals surface area contributed by atoms with Crippen molar-refractivity contribution in [2.24, 2.45) is 23.7 Å². The maximum Gasteiger partial charge on any atom is 0.343 e. The Morgan fingerprint density at radius 2 is 1.47 bits per heavy atom. The van der Waals surface area contributed by atoms with Gasteiger partial charge in [-0.15, -0.1) is 0 Å². The number of anilines is 1. The molecule has 2 aromatic carbocycles. The molecule has 3 nitrogen and oxygen atoms in total. The molecule has 4 heteroatoms. The van der Waals surface area contributed by atoms with E-state index in [0.717, 1.165) is 34.5 Å². The maximum absolute atomic E-state index is 12.4. The molecule has 164 valence electrons. The number of ether oxygens (including phenoxy) is 1. The van der Waals surface area contributed by atoms with Crippen LogP contribution in [0.25, 0.3) is 0 Å². The molecule has 0 heterocycles. The number of hydrogen-bond donors (Lipinski definition) is 1. The van der Waals surface area contributed by atoms with E-state index in [2.05, 4.69) is 55.9 Å². The molecule has 0 amide bonds. The van der Waals surface area contributed by atoms with Crippen molar-refractivity contribution in [1.29, 1.82) is 0 Å². The number of carbonyl (C=O) groups excluding carboxylic acids is 1. The molecule has 0 aliphatic carbocycles. The molecule has 2 rings (SSSR count). The van der Waals surface area contributed by atoms with Crippen LogP contribution in [0.1, 0.15) is 64.2 Å². The van der Waals surface area contributed by atoms with Gasteiger partial charge in [-0.1, -0.05) is 46.8 Å². The van der Waals surface area contributed by atoms with Crippen molar-refractivity contribution in [2.75, 3.05) is 11.9 Å². The van der Waals surface area contributed by atoms with Crippen LogP contribution < -0.4 is 10.1 Å². The molecule has 1 N–H and O–H groups in total. The van der Waals surface area contributed by atoms with E-state index < -0.39 is 0 Å². The van der Waals surface area contributed by atoms with Crippen molar-refractivity contribution in [3.05, 3.63) is 58.6 Å². The fourth-order valence-electron chi connectivity index (χ4n) is 4.16. The minimum Gasteiger partial charge on any atom is -0.422 e. The lowest BCUT2D eigenvalue weighted by Gasteiger charge is -2.22. The number of esters is 1. The predicted molar refractivity (Wildman–Crippen MR) is 130 cm³/mol. The second kappa shape index (κ2) is 12.1. The Morgan fingerprint density at radius 3 is 2.10 bits per heavy atom. The smallest absolute Gasteiger partial charge is 0.343 e. The van der Waals surface area contributed by atoms with Crippen molar-refractivity contribution in [3.8, 4) is 5.75 Å². The van der Waals surface area contributed by atoms with Crippen LogP contribution in [0.4, 0.5) is 5.69 Å². The number of rotatable bonds is 11. The van der Waals surface area contributed by atoms with Crippen LogP contribution in [0.3, 0.4) is 0 Å². The van der Waals surface area contributed by atoms with Gasteiger partial charge in [-0.2, -0.15) is 0 Å². The number of hydrogen-bond acceptors (Lipinski definition) is 3. The summed E-state index contributed by atoms with van der Waals surface area (Å²) in [5, 5.41) is 3.50. The average Bonchev–Trinajstić information content (AvgIpc) is 2.67. The predicted octanol–water partition coefficient (Wildman–Crippen LogP) is 7.81. The van der Waals surface area contributed by atoms with E-state index in [1.807, 2.05) is 42.5 Å². The third-order valence-corrected chi connectivity index (χ3v) is 5.95. The van der Waals surface area contributed by atoms with Crippen molar-refractivity contribution < 1.29 is 9.53 Å². The summed E-state index contributed by atoms with van der Waals surface area (Å²) in [6.45, 7) is 12.6. The van der Waals surface area contributed by atoms with Gasteiger partial charge < -0.3 is 10.1 Å². The zero-order valence-corrected chi connectivity index (χ0v) is 20.5. The Labute approximate surface area is 190 Å². The SMILES string of the molecule is CC(C)CC(C)CC(C)CC(C)CNc1ccc(C(=O)Oc2ccccc2Br)cc1. The second-order valence-corrected chi connectivity index (χ2v) is 10.0. The molecule has 0 saturated carbocycles. The molecule has 0 aliphatic rings. The van der Waals surface area contributed by atoms with Crippen molar-refractivity contribution >= 4 is 27.6 Å². The van der Waals surface area contributed by atoms with Crippen LogP contribution >= 0.6 is 15.9 Å². The highest BCUT2D eigenvalue weighted by molar-refractivity contribution is 9.10. The summed E-state index contributed by atoms with van der Waals surface area (Å²) < 4.78 is 6.22. The van der Waals surface area contributed by atoms with Gasteiger partial charge in [0.25, 0.3) is 0 Å². The first-order valence-corrected chi connectivity index (χ1v) is 11.8. The number of benzene rings is 2. The lowest BCUT2D eigenvalue weighted by molar-refractivity contribution is 0.0733. The summed E-state index contributed by atoms with van der Waals surface area (Å²) >= 11 is 3.40. The van der Waals surface area contributed by atoms with Gasteiger partial charge in [0.05, 0.1) is 10.0 Å². The highest BCUT2D eigenvalue weighted by Gasteiger charge is 2.14. The Hall–Kier alpha value is -1.81. The minimum atomic E-state index is -0.355. The molecular weight excluding hydrogens is 438 g/mol. The Morgan fingerprint density at radius 1 is 0.867 bits per heavy atom. The summed E-state index contributed by atoms with van der Waals surface area (Å²) in [5.74, 6) is 3.09. The number of para-hydroxylation sites is 1. The summed E-state index contributed by atoms with van der Waals surface area (Å²) in [5.41, 5.74) is 1.57. The second-order valence-electron chi connectivity index (χ2n) is 9.19. The van der Waals surface area contributed by atoms with Gasteiger partial charge in [-0.05, 0) is 95.3 Å². The molecule has 0 radical (unpaired) electrons. The number of carbonyl (C=O) groups is 1. The molecule has 3 atom stereocenters. The van der Waals surface area contributed by atoms with Gasteiger partial charge in [0.15, 0.2) is 0 Å². The Bertz CT molecular complexity index is 788. The van der Waals surface area contributed by atoms with Gasteiger partial charge in [-0.25, -0.2) is 4.79 Å². The monoisotopic (exact) mass is 473 g/mol. The summed E-state index contributed by atoms with van der Waals surface area (Å²) in [7, 11) is 0. The highest BCUT2D eigenvalue weighted by Crippen LogP contribution is 2.26. The topological polar surface area (TPSA) is 38.3 Å². The third kappa shape index (κ3) is 8.51. The molecular formula is C26H36BrNO2. The van der Waals surface area contributed by atoms with E-state index in [-0.39, 0.29) is 5.97 Å². The lowest BCUT2D eigenvalue weighted by atomic mass is 9.86. The van der Waals surface area contributed by atoms with Crippen LogP contribution in [-0.4, -0.2) is 12.5 Å². The van der Waals surface area contributed by atoms with E-state index >= 15 is 0 Å². The molecule has 30 heavy (non-hydrogen) atoms. The summed E-state index contributed by atoms with van der Waals surface area (Å²) in [6.07, 6.45) is 3.84. The van der Waals surface area contributed by atoms with Crippen molar-refractivity contribution in [3.63, 3.8) is 0 Å². The maximum atomic E-state index is 12.4. The van der Waals surface area contributed by atoms with Crippen LogP contribution in [0.15, 0.2) is 53.0 Å². The van der Waals surface area contributed by atoms with Gasteiger partial charge in [-0.3, -0.25) is 0 Å². The van der Waals surface area contributed by atoms with Gasteiger partial charge in [0, 0.05) is 12.2 Å². The molecule has 0 saturated heterocycles. The Balaban J connectivity index is 1.78. The molecule has 0 fully saturated rings. The molecule has 0 bridgehead atoms. The average molecular weight is 474 g/mol. The zero-order valence-electron chi connectivity index (χ0n) is 19.0. The fraction of sp³-hybridized carbons (Fsp3) is 0.500. The van der Waals surface area contributed by atoms with Gasteiger partial charge in [0.2, 0.25) is 0 Å². The van der Waals surface area contributed by atoms with Crippen LogP contribution in [0, 0.1) is 23.7 Å². The van der Waals surface area contributed by atoms with E-state index in [1.54, 1.807) is 6.07 Å². The van der Waals surface area contributed by atoms with E-state index in [1.165, 1.54) is 19.3 Å². The largest absolute Gasteiger partial charge is 0.422 e. The highest BCUT2D eigenvalue weighted by atomic mass is 79.9. The third-order valence-electron chi connectivity index (χ3n) is 5.30. The van der Waals surface area contributed by atoms with Gasteiger partial charge >= 0.3 is 5.97 Å². The van der Waals surface area contributed by atoms with Crippen LogP contribution in [0.5, 0.6) is 5.75 Å². The number of nitrogens with one attached hydrogen (secondary N) is 1. The first kappa shape index (κ1) is 24.5. The molecule has 3 unspecified atom stereocenters. The summed E-state index contributed by atoms with van der Waals surface area (Å²) in [4.78, 5) is 12.4. The normalized spacial score (nSPS) is 14.2. The summed E-state index contributed by atoms with van der Waals surface area (Å²) in [6, 6.07) is 14.8. The van der Waals surface area contributed by atoms with Crippen molar-refractivity contribution in [2.45, 2.75) is 53.9 Å². The van der Waals surface area contributed by atoms with Crippen LogP contribution in [-0.2, 0) is 0 Å².